The first kappa shape index (κ1) is 14.9. The van der Waals surface area contributed by atoms with Gasteiger partial charge in [-0.2, -0.15) is 0 Å². The summed E-state index contributed by atoms with van der Waals surface area (Å²) in [5.41, 5.74) is -0.0975. The van der Waals surface area contributed by atoms with Gasteiger partial charge in [-0.1, -0.05) is 13.0 Å². The van der Waals surface area contributed by atoms with E-state index in [4.69, 9.17) is 9.84 Å². The van der Waals surface area contributed by atoms with Crippen molar-refractivity contribution in [2.24, 2.45) is 0 Å². The second kappa shape index (κ2) is 7.32. The summed E-state index contributed by atoms with van der Waals surface area (Å²) < 4.78 is 5.15. The number of aliphatic hydroxyl groups is 1. The Bertz CT molecular complexity index is 446. The molecule has 1 aromatic carbocycles. The van der Waals surface area contributed by atoms with Crippen LogP contribution in [0.2, 0.25) is 0 Å². The van der Waals surface area contributed by atoms with Gasteiger partial charge in [-0.3, -0.25) is 14.9 Å². The maximum Gasteiger partial charge on any atom is 0.273 e. The highest BCUT2D eigenvalue weighted by Gasteiger charge is 2.11. The summed E-state index contributed by atoms with van der Waals surface area (Å²) in [7, 11) is 0. The number of ether oxygens (including phenoxy) is 1. The van der Waals surface area contributed by atoms with Crippen molar-refractivity contribution in [3.8, 4) is 5.75 Å². The van der Waals surface area contributed by atoms with Crippen LogP contribution in [0.3, 0.4) is 0 Å². The van der Waals surface area contributed by atoms with Crippen LogP contribution >= 0.6 is 0 Å². The molecular weight excluding hydrogens is 252 g/mol. The SMILES string of the molecule is CC[C@@H](CO)NC(=O)COc1cccc([N+](=O)[O-])c1. The second-order valence-corrected chi connectivity index (χ2v) is 3.90. The number of carbonyl (C=O) groups excluding carboxylic acids is 1. The number of benzene rings is 1. The fraction of sp³-hybridized carbons (Fsp3) is 0.417. The van der Waals surface area contributed by atoms with E-state index in [1.54, 1.807) is 0 Å². The largest absolute Gasteiger partial charge is 0.484 e. The Kier molecular flexibility index (Phi) is 5.74. The summed E-state index contributed by atoms with van der Waals surface area (Å²) in [6.45, 7) is 1.44. The lowest BCUT2D eigenvalue weighted by Gasteiger charge is -2.14. The molecule has 2 N–H and O–H groups in total. The van der Waals surface area contributed by atoms with Gasteiger partial charge in [0.1, 0.15) is 5.75 Å². The number of nitro benzene ring substituents is 1. The minimum absolute atomic E-state index is 0.0975. The molecule has 0 aliphatic heterocycles. The van der Waals surface area contributed by atoms with Crippen molar-refractivity contribution in [3.05, 3.63) is 34.4 Å². The number of amides is 1. The van der Waals surface area contributed by atoms with Crippen LogP contribution in [0.1, 0.15) is 13.3 Å². The molecule has 0 fully saturated rings. The number of nitrogens with zero attached hydrogens (tertiary/aromatic N) is 1. The van der Waals surface area contributed by atoms with E-state index in [-0.39, 0.29) is 36.6 Å². The third-order valence-corrected chi connectivity index (χ3v) is 2.48. The average molecular weight is 268 g/mol. The molecule has 1 amide bonds. The summed E-state index contributed by atoms with van der Waals surface area (Å²) in [5, 5.41) is 22.1. The third-order valence-electron chi connectivity index (χ3n) is 2.48. The zero-order chi connectivity index (χ0) is 14.3. The number of nitrogens with one attached hydrogen (secondary N) is 1. The Labute approximate surface area is 110 Å². The van der Waals surface area contributed by atoms with E-state index < -0.39 is 4.92 Å². The van der Waals surface area contributed by atoms with Crippen molar-refractivity contribution in [2.45, 2.75) is 19.4 Å². The summed E-state index contributed by atoms with van der Waals surface area (Å²) in [6.07, 6.45) is 0.610. The van der Waals surface area contributed by atoms with E-state index in [0.29, 0.717) is 6.42 Å². The van der Waals surface area contributed by atoms with E-state index in [2.05, 4.69) is 5.32 Å². The Morgan fingerprint density at radius 3 is 2.89 bits per heavy atom. The van der Waals surface area contributed by atoms with Crippen molar-refractivity contribution >= 4 is 11.6 Å². The van der Waals surface area contributed by atoms with Crippen LogP contribution in [-0.2, 0) is 4.79 Å². The number of aliphatic hydroxyl groups excluding tert-OH is 1. The molecule has 19 heavy (non-hydrogen) atoms. The summed E-state index contributed by atoms with van der Waals surface area (Å²) in [4.78, 5) is 21.5. The first-order valence-electron chi connectivity index (χ1n) is 5.84. The molecular formula is C12H16N2O5. The highest BCUT2D eigenvalue weighted by molar-refractivity contribution is 5.77. The lowest BCUT2D eigenvalue weighted by molar-refractivity contribution is -0.384. The molecule has 0 unspecified atom stereocenters. The highest BCUT2D eigenvalue weighted by Crippen LogP contribution is 2.18. The van der Waals surface area contributed by atoms with Crippen LogP contribution in [-0.4, -0.2) is 35.2 Å². The predicted octanol–water partition coefficient (Wildman–Crippen LogP) is 0.861. The van der Waals surface area contributed by atoms with Gasteiger partial charge in [0.25, 0.3) is 11.6 Å². The Balaban J connectivity index is 2.50. The van der Waals surface area contributed by atoms with Crippen LogP contribution in [0.25, 0.3) is 0 Å². The van der Waals surface area contributed by atoms with Gasteiger partial charge in [-0.15, -0.1) is 0 Å². The fourth-order valence-corrected chi connectivity index (χ4v) is 1.38. The molecule has 0 saturated carbocycles. The Morgan fingerprint density at radius 1 is 1.58 bits per heavy atom. The molecule has 7 heteroatoms. The summed E-state index contributed by atoms with van der Waals surface area (Å²) >= 11 is 0. The van der Waals surface area contributed by atoms with Crippen molar-refractivity contribution < 1.29 is 19.6 Å². The molecule has 1 atom stereocenters. The van der Waals surface area contributed by atoms with Crippen molar-refractivity contribution in [3.63, 3.8) is 0 Å². The molecule has 0 aliphatic carbocycles. The Morgan fingerprint density at radius 2 is 2.32 bits per heavy atom. The number of carbonyl (C=O) groups is 1. The van der Waals surface area contributed by atoms with E-state index in [9.17, 15) is 14.9 Å². The van der Waals surface area contributed by atoms with Crippen molar-refractivity contribution in [2.75, 3.05) is 13.2 Å². The molecule has 7 nitrogen and oxygen atoms in total. The lowest BCUT2D eigenvalue weighted by atomic mass is 10.2. The van der Waals surface area contributed by atoms with Crippen LogP contribution in [0.5, 0.6) is 5.75 Å². The standard InChI is InChI=1S/C12H16N2O5/c1-2-9(7-15)13-12(16)8-19-11-5-3-4-10(6-11)14(17)18/h3-6,9,15H,2,7-8H2,1H3,(H,13,16)/t9-/m0/s1. The van der Waals surface area contributed by atoms with Crippen LogP contribution < -0.4 is 10.1 Å². The zero-order valence-corrected chi connectivity index (χ0v) is 10.5. The topological polar surface area (TPSA) is 102 Å². The van der Waals surface area contributed by atoms with E-state index in [1.807, 2.05) is 6.92 Å². The lowest BCUT2D eigenvalue weighted by Crippen LogP contribution is -2.39. The quantitative estimate of drug-likeness (QED) is 0.564. The molecule has 0 bridgehead atoms. The minimum atomic E-state index is -0.536. The highest BCUT2D eigenvalue weighted by atomic mass is 16.6. The predicted molar refractivity (Wildman–Crippen MR) is 67.9 cm³/mol. The molecule has 0 radical (unpaired) electrons. The van der Waals surface area contributed by atoms with Gasteiger partial charge < -0.3 is 15.2 Å². The van der Waals surface area contributed by atoms with Gasteiger partial charge in [0.2, 0.25) is 0 Å². The van der Waals surface area contributed by atoms with Gasteiger partial charge in [0.15, 0.2) is 6.61 Å². The smallest absolute Gasteiger partial charge is 0.273 e. The second-order valence-electron chi connectivity index (χ2n) is 3.90. The van der Waals surface area contributed by atoms with E-state index >= 15 is 0 Å². The Hall–Kier alpha value is -2.15. The number of hydrogen-bond donors (Lipinski definition) is 2. The van der Waals surface area contributed by atoms with Gasteiger partial charge >= 0.3 is 0 Å². The van der Waals surface area contributed by atoms with Gasteiger partial charge in [0, 0.05) is 6.07 Å². The van der Waals surface area contributed by atoms with Crippen LogP contribution in [0.4, 0.5) is 5.69 Å². The monoisotopic (exact) mass is 268 g/mol. The van der Waals surface area contributed by atoms with E-state index in [1.165, 1.54) is 24.3 Å². The molecule has 1 aromatic rings. The normalized spacial score (nSPS) is 11.7. The van der Waals surface area contributed by atoms with Crippen molar-refractivity contribution in [1.29, 1.82) is 0 Å². The summed E-state index contributed by atoms with van der Waals surface area (Å²) in [6, 6.07) is 5.29. The van der Waals surface area contributed by atoms with Gasteiger partial charge in [-0.25, -0.2) is 0 Å². The fourth-order valence-electron chi connectivity index (χ4n) is 1.38. The maximum absolute atomic E-state index is 11.5. The van der Waals surface area contributed by atoms with Crippen LogP contribution in [0, 0.1) is 10.1 Å². The number of non-ortho nitro benzene ring substituents is 1. The molecule has 0 spiro atoms. The third kappa shape index (κ3) is 4.92. The molecule has 0 aliphatic rings. The molecule has 104 valence electrons. The maximum atomic E-state index is 11.5. The molecule has 0 aromatic heterocycles. The van der Waals surface area contributed by atoms with Crippen molar-refractivity contribution in [1.82, 2.24) is 5.32 Å². The number of rotatable bonds is 7. The molecule has 0 heterocycles. The molecule has 0 saturated heterocycles. The molecule has 1 rings (SSSR count). The summed E-state index contributed by atoms with van der Waals surface area (Å²) in [5.74, 6) is -0.131. The van der Waals surface area contributed by atoms with Crippen LogP contribution in [0.15, 0.2) is 24.3 Å². The first-order valence-corrected chi connectivity index (χ1v) is 5.84. The van der Waals surface area contributed by atoms with Gasteiger partial charge in [-0.05, 0) is 12.5 Å². The van der Waals surface area contributed by atoms with E-state index in [0.717, 1.165) is 0 Å². The average Bonchev–Trinajstić information content (AvgIpc) is 2.42. The zero-order valence-electron chi connectivity index (χ0n) is 10.5. The first-order chi connectivity index (χ1) is 9.06. The number of nitro groups is 1. The van der Waals surface area contributed by atoms with Gasteiger partial charge in [0.05, 0.1) is 23.6 Å². The number of hydrogen-bond acceptors (Lipinski definition) is 5. The minimum Gasteiger partial charge on any atom is -0.484 e.